The van der Waals surface area contributed by atoms with E-state index in [1.54, 1.807) is 7.11 Å². The Kier molecular flexibility index (Phi) is 4.37. The highest BCUT2D eigenvalue weighted by molar-refractivity contribution is 5.80. The van der Waals surface area contributed by atoms with E-state index in [9.17, 15) is 0 Å². The lowest BCUT2D eigenvalue weighted by molar-refractivity contribution is 0.414. The predicted octanol–water partition coefficient (Wildman–Crippen LogP) is 3.98. The predicted molar refractivity (Wildman–Crippen MR) is 104 cm³/mol. The molecule has 0 N–H and O–H groups in total. The SMILES string of the molecule is COc1cccc(CN2CCCn3nc(C)c(-c4cnccc4C)c32)c1. The van der Waals surface area contributed by atoms with Gasteiger partial charge in [0, 0.05) is 43.2 Å². The molecule has 0 saturated carbocycles. The maximum absolute atomic E-state index is 5.38. The first-order valence-electron chi connectivity index (χ1n) is 9.03. The van der Waals surface area contributed by atoms with Crippen LogP contribution in [-0.4, -0.2) is 28.4 Å². The number of nitrogens with zero attached hydrogens (tertiary/aromatic N) is 4. The summed E-state index contributed by atoms with van der Waals surface area (Å²) in [5.74, 6) is 2.10. The zero-order chi connectivity index (χ0) is 18.1. The maximum Gasteiger partial charge on any atom is 0.135 e. The summed E-state index contributed by atoms with van der Waals surface area (Å²) < 4.78 is 7.54. The second kappa shape index (κ2) is 6.83. The van der Waals surface area contributed by atoms with Gasteiger partial charge in [0.1, 0.15) is 11.6 Å². The van der Waals surface area contributed by atoms with Crippen LogP contribution in [0.3, 0.4) is 0 Å². The number of fused-ring (bicyclic) bond motifs is 1. The van der Waals surface area contributed by atoms with Crippen molar-refractivity contribution < 1.29 is 4.74 Å². The van der Waals surface area contributed by atoms with E-state index in [4.69, 9.17) is 9.84 Å². The van der Waals surface area contributed by atoms with E-state index in [0.717, 1.165) is 37.5 Å². The molecule has 5 nitrogen and oxygen atoms in total. The molecule has 0 bridgehead atoms. The van der Waals surface area contributed by atoms with Gasteiger partial charge in [-0.2, -0.15) is 5.10 Å². The molecule has 5 heteroatoms. The fourth-order valence-electron chi connectivity index (χ4n) is 3.75. The van der Waals surface area contributed by atoms with Crippen LogP contribution >= 0.6 is 0 Å². The van der Waals surface area contributed by atoms with Crippen molar-refractivity contribution in [3.63, 3.8) is 0 Å². The highest BCUT2D eigenvalue weighted by Crippen LogP contribution is 2.38. The molecule has 1 aliphatic rings. The number of benzene rings is 1. The van der Waals surface area contributed by atoms with Gasteiger partial charge in [0.05, 0.1) is 12.8 Å². The van der Waals surface area contributed by atoms with Crippen LogP contribution in [-0.2, 0) is 13.1 Å². The number of hydrogen-bond acceptors (Lipinski definition) is 4. The first kappa shape index (κ1) is 16.6. The van der Waals surface area contributed by atoms with Gasteiger partial charge in [-0.05, 0) is 49.6 Å². The highest BCUT2D eigenvalue weighted by atomic mass is 16.5. The second-order valence-electron chi connectivity index (χ2n) is 6.82. The molecule has 1 aliphatic heterocycles. The minimum absolute atomic E-state index is 0.842. The average molecular weight is 348 g/mol. The van der Waals surface area contributed by atoms with Crippen molar-refractivity contribution in [3.05, 3.63) is 59.5 Å². The molecule has 3 heterocycles. The summed E-state index contributed by atoms with van der Waals surface area (Å²) >= 11 is 0. The zero-order valence-electron chi connectivity index (χ0n) is 15.6. The molecule has 134 valence electrons. The van der Waals surface area contributed by atoms with Gasteiger partial charge in [-0.15, -0.1) is 0 Å². The normalized spacial score (nSPS) is 13.6. The minimum Gasteiger partial charge on any atom is -0.497 e. The molecule has 0 unspecified atom stereocenters. The number of anilines is 1. The Morgan fingerprint density at radius 3 is 2.85 bits per heavy atom. The van der Waals surface area contributed by atoms with Crippen LogP contribution in [0, 0.1) is 13.8 Å². The van der Waals surface area contributed by atoms with Gasteiger partial charge >= 0.3 is 0 Å². The number of pyridine rings is 1. The van der Waals surface area contributed by atoms with E-state index in [0.29, 0.717) is 0 Å². The molecule has 0 radical (unpaired) electrons. The summed E-state index contributed by atoms with van der Waals surface area (Å²) in [6, 6.07) is 10.4. The third-order valence-electron chi connectivity index (χ3n) is 5.01. The van der Waals surface area contributed by atoms with Crippen LogP contribution in [0.25, 0.3) is 11.1 Å². The Balaban J connectivity index is 1.77. The Morgan fingerprint density at radius 2 is 2.04 bits per heavy atom. The van der Waals surface area contributed by atoms with Gasteiger partial charge in [-0.3, -0.25) is 4.98 Å². The fourth-order valence-corrected chi connectivity index (χ4v) is 3.75. The average Bonchev–Trinajstić information content (AvgIpc) is 2.99. The largest absolute Gasteiger partial charge is 0.497 e. The van der Waals surface area contributed by atoms with Gasteiger partial charge < -0.3 is 9.64 Å². The maximum atomic E-state index is 5.38. The van der Waals surface area contributed by atoms with E-state index in [2.05, 4.69) is 46.6 Å². The minimum atomic E-state index is 0.842. The van der Waals surface area contributed by atoms with Crippen molar-refractivity contribution in [1.82, 2.24) is 14.8 Å². The number of rotatable bonds is 4. The summed E-state index contributed by atoms with van der Waals surface area (Å²) in [5.41, 5.74) is 5.91. The van der Waals surface area contributed by atoms with Gasteiger partial charge in [0.15, 0.2) is 0 Å². The van der Waals surface area contributed by atoms with Gasteiger partial charge in [-0.1, -0.05) is 12.1 Å². The summed E-state index contributed by atoms with van der Waals surface area (Å²) in [7, 11) is 1.71. The van der Waals surface area contributed by atoms with Gasteiger partial charge in [0.25, 0.3) is 0 Å². The van der Waals surface area contributed by atoms with Crippen molar-refractivity contribution in [2.24, 2.45) is 0 Å². The van der Waals surface area contributed by atoms with E-state index in [-0.39, 0.29) is 0 Å². The van der Waals surface area contributed by atoms with Crippen LogP contribution in [0.5, 0.6) is 5.75 Å². The standard InChI is InChI=1S/C21H24N4O/c1-15-8-9-22-13-19(15)20-16(2)23-25-11-5-10-24(21(20)25)14-17-6-4-7-18(12-17)26-3/h4,6-9,12-13H,5,10-11,14H2,1-3H3. The molecule has 0 saturated heterocycles. The molecule has 0 fully saturated rings. The molecular weight excluding hydrogens is 324 g/mol. The van der Waals surface area contributed by atoms with E-state index in [1.165, 1.54) is 28.1 Å². The van der Waals surface area contributed by atoms with Crippen molar-refractivity contribution in [1.29, 1.82) is 0 Å². The van der Waals surface area contributed by atoms with Crippen LogP contribution < -0.4 is 9.64 Å². The third kappa shape index (κ3) is 2.94. The number of methoxy groups -OCH3 is 1. The van der Waals surface area contributed by atoms with Crippen molar-refractivity contribution in [2.45, 2.75) is 33.4 Å². The van der Waals surface area contributed by atoms with Crippen LogP contribution in [0.4, 0.5) is 5.82 Å². The van der Waals surface area contributed by atoms with Crippen LogP contribution in [0.1, 0.15) is 23.2 Å². The van der Waals surface area contributed by atoms with Crippen molar-refractivity contribution in [2.75, 3.05) is 18.6 Å². The molecule has 0 spiro atoms. The Labute approximate surface area is 154 Å². The number of aryl methyl sites for hydroxylation is 3. The summed E-state index contributed by atoms with van der Waals surface area (Å²) in [6.45, 7) is 7.06. The summed E-state index contributed by atoms with van der Waals surface area (Å²) in [5, 5.41) is 4.82. The lowest BCUT2D eigenvalue weighted by Crippen LogP contribution is -2.32. The lowest BCUT2D eigenvalue weighted by Gasteiger charge is -2.31. The zero-order valence-corrected chi connectivity index (χ0v) is 15.6. The van der Waals surface area contributed by atoms with Gasteiger partial charge in [-0.25, -0.2) is 4.68 Å². The second-order valence-corrected chi connectivity index (χ2v) is 6.82. The summed E-state index contributed by atoms with van der Waals surface area (Å²) in [6.07, 6.45) is 4.90. The molecule has 4 rings (SSSR count). The molecule has 0 amide bonds. The van der Waals surface area contributed by atoms with Gasteiger partial charge in [0.2, 0.25) is 0 Å². The molecular formula is C21H24N4O. The lowest BCUT2D eigenvalue weighted by atomic mass is 10.0. The first-order chi connectivity index (χ1) is 12.7. The smallest absolute Gasteiger partial charge is 0.135 e. The Morgan fingerprint density at radius 1 is 1.15 bits per heavy atom. The number of aromatic nitrogens is 3. The molecule has 0 atom stereocenters. The highest BCUT2D eigenvalue weighted by Gasteiger charge is 2.26. The fraction of sp³-hybridized carbons (Fsp3) is 0.333. The molecule has 0 aliphatic carbocycles. The van der Waals surface area contributed by atoms with Crippen LogP contribution in [0.2, 0.25) is 0 Å². The topological polar surface area (TPSA) is 43.2 Å². The molecule has 1 aromatic carbocycles. The molecule has 2 aromatic heterocycles. The molecule has 3 aromatic rings. The Bertz CT molecular complexity index is 932. The summed E-state index contributed by atoms with van der Waals surface area (Å²) in [4.78, 5) is 6.78. The third-order valence-corrected chi connectivity index (χ3v) is 5.01. The van der Waals surface area contributed by atoms with E-state index >= 15 is 0 Å². The van der Waals surface area contributed by atoms with Crippen LogP contribution in [0.15, 0.2) is 42.7 Å². The van der Waals surface area contributed by atoms with E-state index < -0.39 is 0 Å². The van der Waals surface area contributed by atoms with Crippen molar-refractivity contribution in [3.8, 4) is 16.9 Å². The number of hydrogen-bond donors (Lipinski definition) is 0. The number of ether oxygens (including phenoxy) is 1. The monoisotopic (exact) mass is 348 g/mol. The van der Waals surface area contributed by atoms with E-state index in [1.807, 2.05) is 24.5 Å². The molecule has 26 heavy (non-hydrogen) atoms. The quantitative estimate of drug-likeness (QED) is 0.715. The Hall–Kier alpha value is -2.82. The van der Waals surface area contributed by atoms with Crippen molar-refractivity contribution >= 4 is 5.82 Å². The first-order valence-corrected chi connectivity index (χ1v) is 9.03.